The second-order valence-electron chi connectivity index (χ2n) is 4.24. The fourth-order valence-corrected chi connectivity index (χ4v) is 2.32. The molecule has 0 saturated heterocycles. The molecule has 0 amide bonds. The largest absolute Gasteiger partial charge is 0.306 e. The summed E-state index contributed by atoms with van der Waals surface area (Å²) >= 11 is 0. The summed E-state index contributed by atoms with van der Waals surface area (Å²) in [7, 11) is -0.890. The van der Waals surface area contributed by atoms with Gasteiger partial charge in [0.05, 0.1) is 0 Å². The van der Waals surface area contributed by atoms with Crippen molar-refractivity contribution in [2.45, 2.75) is 77.2 Å². The smallest absolute Gasteiger partial charge is 0.207 e. The van der Waals surface area contributed by atoms with Gasteiger partial charge in [-0.3, -0.25) is 0 Å². The molecular weight excluding hydrogens is 188 g/mol. The maximum Gasteiger partial charge on any atom is 0.207 e. The normalized spacial score (nSPS) is 11.6. The molecule has 0 aliphatic rings. The maximum atomic E-state index is 10.3. The number of hydrogen-bond acceptors (Lipinski definition) is 0. The summed E-state index contributed by atoms with van der Waals surface area (Å²) in [6.07, 6.45) is 13.7. The molecule has 0 aromatic heterocycles. The van der Waals surface area contributed by atoms with Gasteiger partial charge in [-0.25, -0.2) is 0 Å². The van der Waals surface area contributed by atoms with Gasteiger partial charge in [0.25, 0.3) is 0 Å². The van der Waals surface area contributed by atoms with Gasteiger partial charge < -0.3 is 4.80 Å². The van der Waals surface area contributed by atoms with E-state index in [4.69, 9.17) is 0 Å². The first-order valence-corrected chi connectivity index (χ1v) is 8.07. The van der Waals surface area contributed by atoms with E-state index in [1.807, 2.05) is 0 Å². The molecule has 2 heteroatoms. The average Bonchev–Trinajstić information content (AvgIpc) is 2.21. The lowest BCUT2D eigenvalue weighted by atomic mass is 10.1. The minimum atomic E-state index is -0.890. The molecule has 0 aromatic carbocycles. The van der Waals surface area contributed by atoms with Crippen molar-refractivity contribution >= 4 is 9.76 Å². The summed E-state index contributed by atoms with van der Waals surface area (Å²) in [5.41, 5.74) is 0. The summed E-state index contributed by atoms with van der Waals surface area (Å²) in [5, 5.41) is 0. The van der Waals surface area contributed by atoms with Gasteiger partial charge in [-0.2, -0.15) is 0 Å². The lowest BCUT2D eigenvalue weighted by Gasteiger charge is -2.01. The van der Waals surface area contributed by atoms with Crippen molar-refractivity contribution in [3.63, 3.8) is 0 Å². The minimum absolute atomic E-state index is 0.890. The van der Waals surface area contributed by atoms with Crippen LogP contribution in [0.5, 0.6) is 0 Å². The topological polar surface area (TPSA) is 19.9 Å². The van der Waals surface area contributed by atoms with Crippen LogP contribution in [-0.4, -0.2) is 9.76 Å². The second kappa shape index (κ2) is 13.2. The van der Waals surface area contributed by atoms with E-state index in [2.05, 4.69) is 6.92 Å². The van der Waals surface area contributed by atoms with Crippen molar-refractivity contribution in [1.29, 1.82) is 0 Å². The van der Waals surface area contributed by atoms with Crippen LogP contribution < -0.4 is 0 Å². The number of hydrogen-bond donors (Lipinski definition) is 0. The van der Waals surface area contributed by atoms with E-state index in [1.54, 1.807) is 0 Å². The molecule has 0 aliphatic carbocycles. The standard InChI is InChI=1S/C12H27OSi/c1-2-3-4-5-6-7-8-9-10-11-12-14-13/h2-12,14H2,1H3. The van der Waals surface area contributed by atoms with E-state index in [9.17, 15) is 4.80 Å². The van der Waals surface area contributed by atoms with Gasteiger partial charge in [0.1, 0.15) is 0 Å². The molecule has 1 radical (unpaired) electrons. The molecule has 0 heterocycles. The molecule has 0 aliphatic heterocycles. The van der Waals surface area contributed by atoms with E-state index in [1.165, 1.54) is 64.2 Å². The van der Waals surface area contributed by atoms with Crippen LogP contribution in [0, 0.1) is 0 Å². The fourth-order valence-electron chi connectivity index (χ4n) is 1.77. The van der Waals surface area contributed by atoms with Gasteiger partial charge >= 0.3 is 0 Å². The van der Waals surface area contributed by atoms with Crippen LogP contribution in [-0.2, 0) is 4.80 Å². The molecule has 1 nitrogen and oxygen atoms in total. The van der Waals surface area contributed by atoms with Gasteiger partial charge in [-0.15, -0.1) is 0 Å². The monoisotopic (exact) mass is 215 g/mol. The Morgan fingerprint density at radius 1 is 0.714 bits per heavy atom. The molecule has 0 unspecified atom stereocenters. The Hall–Kier alpha value is 0.177. The van der Waals surface area contributed by atoms with E-state index in [0.717, 1.165) is 6.04 Å². The minimum Gasteiger partial charge on any atom is -0.306 e. The summed E-state index contributed by atoms with van der Waals surface area (Å²) < 4.78 is 0. The third-order valence-corrected chi connectivity index (χ3v) is 3.54. The fraction of sp³-hybridized carbons (Fsp3) is 1.00. The van der Waals surface area contributed by atoms with E-state index in [-0.39, 0.29) is 0 Å². The highest BCUT2D eigenvalue weighted by Gasteiger charge is 1.92. The molecule has 0 atom stereocenters. The van der Waals surface area contributed by atoms with Crippen molar-refractivity contribution < 1.29 is 4.80 Å². The average molecular weight is 215 g/mol. The molecule has 0 saturated carbocycles. The van der Waals surface area contributed by atoms with Crippen molar-refractivity contribution in [2.24, 2.45) is 0 Å². The van der Waals surface area contributed by atoms with E-state index in [0.29, 0.717) is 0 Å². The van der Waals surface area contributed by atoms with Gasteiger partial charge in [0.15, 0.2) is 0 Å². The molecule has 0 fully saturated rings. The zero-order valence-electron chi connectivity index (χ0n) is 9.89. The third kappa shape index (κ3) is 12.2. The molecule has 0 spiro atoms. The number of rotatable bonds is 11. The molecule has 0 bridgehead atoms. The van der Waals surface area contributed by atoms with Crippen molar-refractivity contribution in [3.8, 4) is 0 Å². The van der Waals surface area contributed by atoms with E-state index < -0.39 is 9.76 Å². The van der Waals surface area contributed by atoms with Crippen molar-refractivity contribution in [3.05, 3.63) is 0 Å². The summed E-state index contributed by atoms with van der Waals surface area (Å²) in [6, 6.07) is 1.02. The van der Waals surface area contributed by atoms with Gasteiger partial charge in [0, 0.05) is 0 Å². The Kier molecular flexibility index (Phi) is 13.3. The molecular formula is C12H27OSi. The predicted molar refractivity (Wildman–Crippen MR) is 65.9 cm³/mol. The van der Waals surface area contributed by atoms with Gasteiger partial charge in [-0.1, -0.05) is 71.1 Å². The Morgan fingerprint density at radius 3 is 1.57 bits per heavy atom. The van der Waals surface area contributed by atoms with Crippen LogP contribution in [0.25, 0.3) is 0 Å². The summed E-state index contributed by atoms with van der Waals surface area (Å²) in [5.74, 6) is 0. The van der Waals surface area contributed by atoms with Crippen LogP contribution in [0.4, 0.5) is 0 Å². The predicted octanol–water partition coefficient (Wildman–Crippen LogP) is 3.84. The highest BCUT2D eigenvalue weighted by atomic mass is 28.2. The quantitative estimate of drug-likeness (QED) is 0.369. The van der Waals surface area contributed by atoms with Crippen LogP contribution in [0.15, 0.2) is 0 Å². The number of unbranched alkanes of at least 4 members (excludes halogenated alkanes) is 9. The highest BCUT2D eigenvalue weighted by molar-refractivity contribution is 6.24. The van der Waals surface area contributed by atoms with Crippen LogP contribution >= 0.6 is 0 Å². The van der Waals surface area contributed by atoms with E-state index >= 15 is 0 Å². The molecule has 14 heavy (non-hydrogen) atoms. The highest BCUT2D eigenvalue weighted by Crippen LogP contribution is 2.10. The Labute approximate surface area is 92.2 Å². The first kappa shape index (κ1) is 14.2. The molecule has 0 aromatic rings. The lowest BCUT2D eigenvalue weighted by molar-refractivity contribution is 0.468. The first-order valence-electron chi connectivity index (χ1n) is 6.50. The first-order chi connectivity index (χ1) is 6.91. The van der Waals surface area contributed by atoms with Crippen LogP contribution in [0.1, 0.15) is 71.1 Å². The summed E-state index contributed by atoms with van der Waals surface area (Å²) in [6.45, 7) is 2.26. The third-order valence-electron chi connectivity index (χ3n) is 2.75. The second-order valence-corrected chi connectivity index (χ2v) is 5.36. The van der Waals surface area contributed by atoms with Gasteiger partial charge in [-0.05, 0) is 6.04 Å². The molecule has 0 N–H and O–H groups in total. The zero-order valence-corrected chi connectivity index (χ0v) is 11.3. The maximum absolute atomic E-state index is 10.3. The Morgan fingerprint density at radius 2 is 1.14 bits per heavy atom. The van der Waals surface area contributed by atoms with Crippen LogP contribution in [0.2, 0.25) is 6.04 Å². The van der Waals surface area contributed by atoms with Crippen LogP contribution in [0.3, 0.4) is 0 Å². The molecule has 85 valence electrons. The van der Waals surface area contributed by atoms with Crippen molar-refractivity contribution in [1.82, 2.24) is 0 Å². The Bertz CT molecular complexity index is 84.3. The Balaban J connectivity index is 2.78. The lowest BCUT2D eigenvalue weighted by Crippen LogP contribution is -1.85. The SMILES string of the molecule is CCCCCCCCCCCC[SiH2][O]. The summed E-state index contributed by atoms with van der Waals surface area (Å²) in [4.78, 5) is 10.3. The molecule has 0 rings (SSSR count). The zero-order chi connectivity index (χ0) is 10.5. The van der Waals surface area contributed by atoms with Gasteiger partial charge in [0.2, 0.25) is 9.76 Å². The van der Waals surface area contributed by atoms with Crippen molar-refractivity contribution in [2.75, 3.05) is 0 Å².